The van der Waals surface area contributed by atoms with E-state index in [4.69, 9.17) is 16.6 Å². The minimum absolute atomic E-state index is 0.317. The third kappa shape index (κ3) is 6.11. The van der Waals surface area contributed by atoms with Crippen molar-refractivity contribution in [1.82, 2.24) is 14.9 Å². The number of carbonyl (C=O) groups is 1. The molecule has 0 spiro atoms. The lowest BCUT2D eigenvalue weighted by Crippen LogP contribution is -2.28. The number of nitrogens with zero attached hydrogens (tertiary/aromatic N) is 2. The summed E-state index contributed by atoms with van der Waals surface area (Å²) in [6.07, 6.45) is 2.97. The van der Waals surface area contributed by atoms with Crippen molar-refractivity contribution in [2.24, 2.45) is 11.8 Å². The fraction of sp³-hybridized carbons (Fsp3) is 0.462. The van der Waals surface area contributed by atoms with Crippen molar-refractivity contribution in [2.45, 2.75) is 53.1 Å². The highest BCUT2D eigenvalue weighted by molar-refractivity contribution is 7.80. The Hall–Kier alpha value is -2.02. The number of hydrogen-bond donors (Lipinski definition) is 3. The van der Waals surface area contributed by atoms with Gasteiger partial charge in [0.15, 0.2) is 5.15 Å². The smallest absolute Gasteiger partial charge is 0.336 e. The first-order chi connectivity index (χ1) is 15.9. The average molecular weight is 488 g/mol. The Balaban J connectivity index is 1.96. The normalized spacial score (nSPS) is 12.5. The molecular weight excluding hydrogens is 454 g/mol. The second kappa shape index (κ2) is 11.9. The maximum atomic E-state index is 11.7. The Bertz CT molecular complexity index is 1100. The number of carboxylic acid groups (broad SMARTS) is 1. The zero-order chi connectivity index (χ0) is 24.0. The van der Waals surface area contributed by atoms with Crippen molar-refractivity contribution in [1.29, 1.82) is 0 Å². The minimum Gasteiger partial charge on any atom is -0.478 e. The van der Waals surface area contributed by atoms with E-state index in [0.29, 0.717) is 35.6 Å². The first-order valence-corrected chi connectivity index (χ1v) is 12.7. The van der Waals surface area contributed by atoms with Crippen LogP contribution in [0.25, 0.3) is 10.8 Å². The van der Waals surface area contributed by atoms with Gasteiger partial charge in [-0.2, -0.15) is 12.6 Å². The van der Waals surface area contributed by atoms with Crippen LogP contribution in [-0.4, -0.2) is 32.9 Å². The number of halogens is 1. The number of fused-ring (bicyclic) bond motifs is 1. The second-order valence-electron chi connectivity index (χ2n) is 8.90. The van der Waals surface area contributed by atoms with Crippen molar-refractivity contribution in [3.05, 3.63) is 64.2 Å². The van der Waals surface area contributed by atoms with Crippen molar-refractivity contribution in [2.75, 3.05) is 12.3 Å². The van der Waals surface area contributed by atoms with Gasteiger partial charge in [-0.15, -0.1) is 0 Å². The first kappa shape index (κ1) is 25.6. The molecule has 0 saturated carbocycles. The van der Waals surface area contributed by atoms with Crippen LogP contribution < -0.4 is 5.32 Å². The molecule has 0 aliphatic rings. The molecule has 0 radical (unpaired) electrons. The summed E-state index contributed by atoms with van der Waals surface area (Å²) in [5.74, 6) is 1.92. The molecule has 0 aliphatic carbocycles. The van der Waals surface area contributed by atoms with Gasteiger partial charge in [0, 0.05) is 19.5 Å². The quantitative estimate of drug-likeness (QED) is 0.271. The summed E-state index contributed by atoms with van der Waals surface area (Å²) in [5.41, 5.74) is 2.34. The Morgan fingerprint density at radius 3 is 2.58 bits per heavy atom. The number of imidazole rings is 1. The molecule has 1 aromatic heterocycles. The van der Waals surface area contributed by atoms with Gasteiger partial charge in [0.1, 0.15) is 5.82 Å². The lowest BCUT2D eigenvalue weighted by atomic mass is 9.98. The topological polar surface area (TPSA) is 67.2 Å². The van der Waals surface area contributed by atoms with E-state index in [0.717, 1.165) is 59.4 Å². The van der Waals surface area contributed by atoms with Gasteiger partial charge in [-0.05, 0) is 53.0 Å². The molecule has 1 heterocycles. The molecule has 0 bridgehead atoms. The van der Waals surface area contributed by atoms with Crippen LogP contribution in [0.1, 0.15) is 61.1 Å². The van der Waals surface area contributed by atoms with E-state index in [1.54, 1.807) is 6.07 Å². The van der Waals surface area contributed by atoms with Crippen molar-refractivity contribution >= 4 is 41.0 Å². The number of nitrogens with one attached hydrogen (secondary N) is 1. The van der Waals surface area contributed by atoms with E-state index in [9.17, 15) is 9.90 Å². The van der Waals surface area contributed by atoms with Crippen molar-refractivity contribution < 1.29 is 9.90 Å². The highest BCUT2D eigenvalue weighted by atomic mass is 35.5. The van der Waals surface area contributed by atoms with E-state index in [1.165, 1.54) is 0 Å². The number of benzene rings is 2. The van der Waals surface area contributed by atoms with Gasteiger partial charge >= 0.3 is 5.97 Å². The Morgan fingerprint density at radius 1 is 1.21 bits per heavy atom. The first-order valence-electron chi connectivity index (χ1n) is 11.7. The third-order valence-corrected chi connectivity index (χ3v) is 7.08. The molecule has 0 saturated heterocycles. The molecule has 5 nitrogen and oxygen atoms in total. The lowest BCUT2D eigenvalue weighted by Gasteiger charge is -2.20. The Morgan fingerprint density at radius 2 is 1.94 bits per heavy atom. The molecule has 0 fully saturated rings. The number of aryl methyl sites for hydroxylation is 1. The maximum Gasteiger partial charge on any atom is 0.336 e. The van der Waals surface area contributed by atoms with Gasteiger partial charge in [0.25, 0.3) is 0 Å². The van der Waals surface area contributed by atoms with Crippen LogP contribution in [0.4, 0.5) is 0 Å². The fourth-order valence-corrected chi connectivity index (χ4v) is 4.95. The minimum atomic E-state index is -0.916. The summed E-state index contributed by atoms with van der Waals surface area (Å²) in [4.78, 5) is 16.4. The standard InChI is InChI=1S/C26H34ClN3O2S/c1-4-5-10-24-29-25(27)23(14-28-13-19(16-33)17(2)3)30(24)15-18-11-12-22(26(31)32)21-9-7-6-8-20(18)21/h6-9,11-12,17,19,28,33H,4-5,10,13-16H2,1-3H3,(H,31,32). The number of rotatable bonds is 12. The number of aromatic carboxylic acids is 1. The van der Waals surface area contributed by atoms with E-state index in [2.05, 4.69) is 43.3 Å². The van der Waals surface area contributed by atoms with Crippen molar-refractivity contribution in [3.8, 4) is 0 Å². The number of hydrogen-bond acceptors (Lipinski definition) is 4. The van der Waals surface area contributed by atoms with Gasteiger partial charge in [0.05, 0.1) is 11.3 Å². The van der Waals surface area contributed by atoms with Crippen LogP contribution in [0, 0.1) is 11.8 Å². The molecule has 1 unspecified atom stereocenters. The molecule has 178 valence electrons. The Labute approximate surface area is 207 Å². The summed E-state index contributed by atoms with van der Waals surface area (Å²) in [6.45, 7) is 8.68. The van der Waals surface area contributed by atoms with Gasteiger partial charge in [-0.25, -0.2) is 9.78 Å². The zero-order valence-corrected chi connectivity index (χ0v) is 21.3. The predicted octanol–water partition coefficient (Wildman–Crippen LogP) is 6.07. The molecule has 2 N–H and O–H groups in total. The van der Waals surface area contributed by atoms with Gasteiger partial charge in [-0.1, -0.05) is 69.1 Å². The molecule has 3 aromatic rings. The fourth-order valence-electron chi connectivity index (χ4n) is 4.13. The lowest BCUT2D eigenvalue weighted by molar-refractivity contribution is 0.0699. The predicted molar refractivity (Wildman–Crippen MR) is 140 cm³/mol. The third-order valence-electron chi connectivity index (χ3n) is 6.31. The van der Waals surface area contributed by atoms with Crippen LogP contribution in [0.15, 0.2) is 36.4 Å². The highest BCUT2D eigenvalue weighted by Gasteiger charge is 2.19. The largest absolute Gasteiger partial charge is 0.478 e. The highest BCUT2D eigenvalue weighted by Crippen LogP contribution is 2.27. The van der Waals surface area contributed by atoms with Crippen LogP contribution in [-0.2, 0) is 19.5 Å². The molecule has 1 atom stereocenters. The van der Waals surface area contributed by atoms with Gasteiger partial charge in [0.2, 0.25) is 0 Å². The average Bonchev–Trinajstić information content (AvgIpc) is 3.09. The van der Waals surface area contributed by atoms with Gasteiger partial charge in [-0.3, -0.25) is 0 Å². The number of thiol groups is 1. The molecular formula is C26H34ClN3O2S. The van der Waals surface area contributed by atoms with Crippen molar-refractivity contribution in [3.63, 3.8) is 0 Å². The number of carboxylic acids is 1. The van der Waals surface area contributed by atoms with Crippen LogP contribution in [0.2, 0.25) is 5.15 Å². The molecule has 0 aliphatic heterocycles. The number of unbranched alkanes of at least 4 members (excludes halogenated alkanes) is 1. The summed E-state index contributed by atoms with van der Waals surface area (Å²) in [6, 6.07) is 11.3. The van der Waals surface area contributed by atoms with Crippen LogP contribution in [0.5, 0.6) is 0 Å². The van der Waals surface area contributed by atoms with E-state index >= 15 is 0 Å². The molecule has 3 rings (SSSR count). The van der Waals surface area contributed by atoms with E-state index < -0.39 is 5.97 Å². The summed E-state index contributed by atoms with van der Waals surface area (Å²) < 4.78 is 2.21. The summed E-state index contributed by atoms with van der Waals surface area (Å²) in [5, 5.41) is 15.4. The summed E-state index contributed by atoms with van der Waals surface area (Å²) >= 11 is 11.1. The van der Waals surface area contributed by atoms with Gasteiger partial charge < -0.3 is 15.0 Å². The molecule has 7 heteroatoms. The Kier molecular flexibility index (Phi) is 9.24. The van der Waals surface area contributed by atoms with E-state index in [-0.39, 0.29) is 0 Å². The maximum absolute atomic E-state index is 11.7. The molecule has 0 amide bonds. The second-order valence-corrected chi connectivity index (χ2v) is 9.62. The van der Waals surface area contributed by atoms with Crippen LogP contribution >= 0.6 is 24.2 Å². The number of aromatic nitrogens is 2. The SMILES string of the molecule is CCCCc1nc(Cl)c(CNCC(CS)C(C)C)n1Cc1ccc(C(=O)O)c2ccccc12. The van der Waals surface area contributed by atoms with Crippen LogP contribution in [0.3, 0.4) is 0 Å². The van der Waals surface area contributed by atoms with E-state index in [1.807, 2.05) is 30.3 Å². The monoisotopic (exact) mass is 487 g/mol. The zero-order valence-electron chi connectivity index (χ0n) is 19.6. The summed E-state index contributed by atoms with van der Waals surface area (Å²) in [7, 11) is 0. The molecule has 2 aromatic carbocycles. The molecule has 33 heavy (non-hydrogen) atoms.